The summed E-state index contributed by atoms with van der Waals surface area (Å²) in [5.74, 6) is 0. The highest BCUT2D eigenvalue weighted by molar-refractivity contribution is 5.02. The molecule has 0 spiro atoms. The second-order valence-corrected chi connectivity index (χ2v) is 4.98. The fourth-order valence-corrected chi connectivity index (χ4v) is 1.98. The van der Waals surface area contributed by atoms with Crippen LogP contribution in [-0.4, -0.2) is 37.1 Å². The molecule has 0 unspecified atom stereocenters. The molecule has 0 aromatic carbocycles. The highest BCUT2D eigenvalue weighted by Crippen LogP contribution is 2.27. The Morgan fingerprint density at radius 3 is 2.62 bits per heavy atom. The molecule has 1 rings (SSSR count). The zero-order valence-corrected chi connectivity index (χ0v) is 11.1. The van der Waals surface area contributed by atoms with Crippen molar-refractivity contribution in [3.63, 3.8) is 0 Å². The summed E-state index contributed by atoms with van der Waals surface area (Å²) in [5, 5.41) is 3.43. The van der Waals surface area contributed by atoms with Crippen molar-refractivity contribution in [2.24, 2.45) is 0 Å². The van der Waals surface area contributed by atoms with Crippen LogP contribution in [0.4, 0.5) is 0 Å². The van der Waals surface area contributed by atoms with Crippen LogP contribution >= 0.6 is 0 Å². The first kappa shape index (κ1) is 13.7. The van der Waals surface area contributed by atoms with Crippen molar-refractivity contribution in [1.29, 1.82) is 0 Å². The molecule has 1 aliphatic carbocycles. The number of hydrogen-bond donors (Lipinski definition) is 1. The Balaban J connectivity index is 2.16. The molecule has 0 aromatic rings. The molecular weight excluding hydrogens is 196 g/mol. The summed E-state index contributed by atoms with van der Waals surface area (Å²) in [5.41, 5.74) is 1.34. The lowest BCUT2D eigenvalue weighted by atomic mass is 10.2. The van der Waals surface area contributed by atoms with Crippen molar-refractivity contribution >= 4 is 0 Å². The Kier molecular flexibility index (Phi) is 6.74. The molecule has 16 heavy (non-hydrogen) atoms. The van der Waals surface area contributed by atoms with Crippen LogP contribution in [0, 0.1) is 0 Å². The van der Waals surface area contributed by atoms with E-state index in [2.05, 4.69) is 30.6 Å². The van der Waals surface area contributed by atoms with Crippen LogP contribution in [0.5, 0.6) is 0 Å². The lowest BCUT2D eigenvalue weighted by Crippen LogP contribution is -2.32. The smallest absolute Gasteiger partial charge is 0.0205 e. The van der Waals surface area contributed by atoms with Gasteiger partial charge < -0.3 is 5.32 Å². The predicted molar refractivity (Wildman–Crippen MR) is 71.8 cm³/mol. The van der Waals surface area contributed by atoms with Crippen LogP contribution in [0.1, 0.15) is 46.0 Å². The third-order valence-electron chi connectivity index (χ3n) is 3.09. The summed E-state index contributed by atoms with van der Waals surface area (Å²) >= 11 is 0. The van der Waals surface area contributed by atoms with Gasteiger partial charge in [-0.2, -0.15) is 0 Å². The van der Waals surface area contributed by atoms with Gasteiger partial charge in [0.25, 0.3) is 0 Å². The molecule has 0 atom stereocenters. The minimum atomic E-state index is 0.870. The minimum absolute atomic E-state index is 0.870. The normalized spacial score (nSPS) is 15.7. The van der Waals surface area contributed by atoms with Gasteiger partial charge in [-0.05, 0) is 44.3 Å². The van der Waals surface area contributed by atoms with Crippen LogP contribution in [-0.2, 0) is 0 Å². The van der Waals surface area contributed by atoms with Crippen molar-refractivity contribution in [2.75, 3.05) is 26.2 Å². The van der Waals surface area contributed by atoms with E-state index in [4.69, 9.17) is 0 Å². The third-order valence-corrected chi connectivity index (χ3v) is 3.09. The molecule has 2 nitrogen and oxygen atoms in total. The van der Waals surface area contributed by atoms with E-state index in [1.54, 1.807) is 0 Å². The quantitative estimate of drug-likeness (QED) is 0.453. The molecule has 0 aliphatic heterocycles. The van der Waals surface area contributed by atoms with Gasteiger partial charge in [-0.1, -0.05) is 26.8 Å². The average molecular weight is 224 g/mol. The fraction of sp³-hybridized carbons (Fsp3) is 0.857. The maximum Gasteiger partial charge on any atom is 0.0205 e. The van der Waals surface area contributed by atoms with Crippen molar-refractivity contribution in [3.05, 3.63) is 12.2 Å². The van der Waals surface area contributed by atoms with Gasteiger partial charge in [-0.3, -0.25) is 4.90 Å². The molecule has 1 N–H and O–H groups in total. The summed E-state index contributed by atoms with van der Waals surface area (Å²) in [7, 11) is 0. The predicted octanol–water partition coefficient (Wildman–Crippen LogP) is 2.81. The number of nitrogens with one attached hydrogen (secondary N) is 1. The van der Waals surface area contributed by atoms with Crippen molar-refractivity contribution in [2.45, 2.75) is 52.0 Å². The van der Waals surface area contributed by atoms with E-state index in [-0.39, 0.29) is 0 Å². The monoisotopic (exact) mass is 224 g/mol. The van der Waals surface area contributed by atoms with Gasteiger partial charge in [-0.25, -0.2) is 0 Å². The molecule has 1 saturated carbocycles. The lowest BCUT2D eigenvalue weighted by Gasteiger charge is -2.23. The van der Waals surface area contributed by atoms with E-state index in [1.807, 2.05) is 0 Å². The molecule has 1 aliphatic rings. The van der Waals surface area contributed by atoms with Crippen LogP contribution in [0.25, 0.3) is 0 Å². The molecule has 2 heteroatoms. The van der Waals surface area contributed by atoms with Gasteiger partial charge in [0.05, 0.1) is 0 Å². The first-order valence-corrected chi connectivity index (χ1v) is 6.89. The van der Waals surface area contributed by atoms with Crippen LogP contribution in [0.2, 0.25) is 0 Å². The standard InChI is InChI=1S/C14H28N2/c1-4-6-10-16(14-7-8-14)12-13(3)11-15-9-5-2/h14-15H,3-12H2,1-2H3. The molecule has 0 aromatic heterocycles. The van der Waals surface area contributed by atoms with E-state index < -0.39 is 0 Å². The Morgan fingerprint density at radius 1 is 1.31 bits per heavy atom. The van der Waals surface area contributed by atoms with E-state index in [1.165, 1.54) is 44.2 Å². The molecule has 0 bridgehead atoms. The van der Waals surface area contributed by atoms with E-state index in [0.29, 0.717) is 0 Å². The van der Waals surface area contributed by atoms with Gasteiger partial charge in [0.2, 0.25) is 0 Å². The highest BCUT2D eigenvalue weighted by atomic mass is 15.2. The number of unbranched alkanes of at least 4 members (excludes halogenated alkanes) is 1. The highest BCUT2D eigenvalue weighted by Gasteiger charge is 2.28. The Morgan fingerprint density at radius 2 is 2.06 bits per heavy atom. The van der Waals surface area contributed by atoms with E-state index in [9.17, 15) is 0 Å². The van der Waals surface area contributed by atoms with Crippen molar-refractivity contribution < 1.29 is 0 Å². The number of rotatable bonds is 10. The van der Waals surface area contributed by atoms with Crippen molar-refractivity contribution in [1.82, 2.24) is 10.2 Å². The molecule has 1 fully saturated rings. The lowest BCUT2D eigenvalue weighted by molar-refractivity contribution is 0.279. The Bertz CT molecular complexity index is 197. The molecule has 94 valence electrons. The SMILES string of the molecule is C=C(CNCCC)CN(CCCC)C1CC1. The Labute approximate surface area is 101 Å². The summed E-state index contributed by atoms with van der Waals surface area (Å²) in [4.78, 5) is 2.62. The third kappa shape index (κ3) is 5.66. The summed E-state index contributed by atoms with van der Waals surface area (Å²) in [6, 6.07) is 0.870. The zero-order valence-electron chi connectivity index (χ0n) is 11.1. The maximum atomic E-state index is 4.18. The zero-order chi connectivity index (χ0) is 11.8. The number of hydrogen-bond acceptors (Lipinski definition) is 2. The van der Waals surface area contributed by atoms with Crippen molar-refractivity contribution in [3.8, 4) is 0 Å². The minimum Gasteiger partial charge on any atom is -0.313 e. The molecule has 0 heterocycles. The van der Waals surface area contributed by atoms with Crippen LogP contribution in [0.3, 0.4) is 0 Å². The Hall–Kier alpha value is -0.340. The van der Waals surface area contributed by atoms with Gasteiger partial charge in [0.15, 0.2) is 0 Å². The first-order chi connectivity index (χ1) is 7.77. The second-order valence-electron chi connectivity index (χ2n) is 4.98. The molecular formula is C14H28N2. The summed E-state index contributed by atoms with van der Waals surface area (Å²) < 4.78 is 0. The first-order valence-electron chi connectivity index (χ1n) is 6.89. The summed E-state index contributed by atoms with van der Waals surface area (Å²) in [6.45, 7) is 13.1. The van der Waals surface area contributed by atoms with Gasteiger partial charge in [0.1, 0.15) is 0 Å². The van der Waals surface area contributed by atoms with Crippen LogP contribution < -0.4 is 5.32 Å². The maximum absolute atomic E-state index is 4.18. The van der Waals surface area contributed by atoms with E-state index in [0.717, 1.165) is 25.7 Å². The second kappa shape index (κ2) is 7.86. The largest absolute Gasteiger partial charge is 0.313 e. The van der Waals surface area contributed by atoms with Gasteiger partial charge in [-0.15, -0.1) is 0 Å². The van der Waals surface area contributed by atoms with Crippen LogP contribution in [0.15, 0.2) is 12.2 Å². The van der Waals surface area contributed by atoms with Gasteiger partial charge in [0, 0.05) is 19.1 Å². The fourth-order valence-electron chi connectivity index (χ4n) is 1.98. The van der Waals surface area contributed by atoms with E-state index >= 15 is 0 Å². The summed E-state index contributed by atoms with van der Waals surface area (Å²) in [6.07, 6.45) is 6.63. The number of nitrogens with zero attached hydrogens (tertiary/aromatic N) is 1. The molecule has 0 saturated heterocycles. The molecule has 0 radical (unpaired) electrons. The average Bonchev–Trinajstić information content (AvgIpc) is 3.08. The topological polar surface area (TPSA) is 15.3 Å². The molecule has 0 amide bonds. The van der Waals surface area contributed by atoms with Gasteiger partial charge >= 0.3 is 0 Å².